The summed E-state index contributed by atoms with van der Waals surface area (Å²) < 4.78 is 31.5. The minimum absolute atomic E-state index is 0.166. The maximum atomic E-state index is 13.3. The van der Waals surface area contributed by atoms with Crippen molar-refractivity contribution in [3.05, 3.63) is 35.4 Å². The third-order valence-electron chi connectivity index (χ3n) is 3.29. The van der Waals surface area contributed by atoms with Gasteiger partial charge in [0.15, 0.2) is 11.6 Å². The minimum atomic E-state index is -1.10. The SMILES string of the molecule is CNC(=O)C(NC(=O)C1CCCO1)c1ccc(F)c(F)c1. The first-order valence-electron chi connectivity index (χ1n) is 6.61. The van der Waals surface area contributed by atoms with Crippen molar-refractivity contribution < 1.29 is 23.1 Å². The molecule has 114 valence electrons. The Hall–Kier alpha value is -2.02. The van der Waals surface area contributed by atoms with E-state index in [0.29, 0.717) is 13.0 Å². The molecule has 7 heteroatoms. The van der Waals surface area contributed by atoms with Gasteiger partial charge in [0.2, 0.25) is 11.8 Å². The molecular formula is C14H16F2N2O3. The summed E-state index contributed by atoms with van der Waals surface area (Å²) in [5, 5.41) is 4.89. The Morgan fingerprint density at radius 1 is 1.33 bits per heavy atom. The molecule has 0 bridgehead atoms. The van der Waals surface area contributed by atoms with Gasteiger partial charge in [-0.2, -0.15) is 0 Å². The van der Waals surface area contributed by atoms with Crippen LogP contribution in [0.4, 0.5) is 8.78 Å². The first kappa shape index (κ1) is 15.4. The molecule has 1 saturated heterocycles. The van der Waals surface area contributed by atoms with Crippen LogP contribution in [-0.2, 0) is 14.3 Å². The summed E-state index contributed by atoms with van der Waals surface area (Å²) in [7, 11) is 1.40. The van der Waals surface area contributed by atoms with Gasteiger partial charge in [-0.05, 0) is 30.5 Å². The highest BCUT2D eigenvalue weighted by molar-refractivity contribution is 5.90. The number of carbonyl (C=O) groups excluding carboxylic acids is 2. The van der Waals surface area contributed by atoms with E-state index in [4.69, 9.17) is 4.74 Å². The van der Waals surface area contributed by atoms with Gasteiger partial charge >= 0.3 is 0 Å². The Bertz CT molecular complexity index is 545. The molecule has 2 unspecified atom stereocenters. The lowest BCUT2D eigenvalue weighted by atomic mass is 10.0. The van der Waals surface area contributed by atoms with Crippen LogP contribution >= 0.6 is 0 Å². The van der Waals surface area contributed by atoms with Gasteiger partial charge in [-0.3, -0.25) is 9.59 Å². The lowest BCUT2D eigenvalue weighted by molar-refractivity contribution is -0.134. The molecule has 0 radical (unpaired) electrons. The fraction of sp³-hybridized carbons (Fsp3) is 0.429. The highest BCUT2D eigenvalue weighted by Crippen LogP contribution is 2.19. The molecule has 1 fully saturated rings. The molecule has 5 nitrogen and oxygen atoms in total. The van der Waals surface area contributed by atoms with Gasteiger partial charge in [0.1, 0.15) is 12.1 Å². The molecule has 2 atom stereocenters. The highest BCUT2D eigenvalue weighted by atomic mass is 19.2. The quantitative estimate of drug-likeness (QED) is 0.873. The van der Waals surface area contributed by atoms with E-state index < -0.39 is 35.6 Å². The van der Waals surface area contributed by atoms with Crippen LogP contribution in [0, 0.1) is 11.6 Å². The van der Waals surface area contributed by atoms with Crippen LogP contribution < -0.4 is 10.6 Å². The molecule has 1 aromatic rings. The molecular weight excluding hydrogens is 282 g/mol. The Morgan fingerprint density at radius 2 is 2.10 bits per heavy atom. The van der Waals surface area contributed by atoms with E-state index in [1.807, 2.05) is 0 Å². The van der Waals surface area contributed by atoms with Crippen molar-refractivity contribution in [2.45, 2.75) is 25.0 Å². The summed E-state index contributed by atoms with van der Waals surface area (Å²) in [6.07, 6.45) is 0.736. The monoisotopic (exact) mass is 298 g/mol. The molecule has 0 aromatic heterocycles. The van der Waals surface area contributed by atoms with Crippen LogP contribution in [0.5, 0.6) is 0 Å². The fourth-order valence-corrected chi connectivity index (χ4v) is 2.16. The summed E-state index contributed by atoms with van der Waals surface area (Å²) in [5.74, 6) is -3.05. The first-order chi connectivity index (χ1) is 10.0. The molecule has 1 heterocycles. The summed E-state index contributed by atoms with van der Waals surface area (Å²) in [5.41, 5.74) is 0.166. The Kier molecular flexibility index (Phi) is 4.85. The van der Waals surface area contributed by atoms with Crippen molar-refractivity contribution in [2.24, 2.45) is 0 Å². The predicted molar refractivity (Wildman–Crippen MR) is 70.3 cm³/mol. The molecule has 0 spiro atoms. The number of likely N-dealkylation sites (N-methyl/N-ethyl adjacent to an activating group) is 1. The van der Waals surface area contributed by atoms with Crippen LogP contribution in [0.15, 0.2) is 18.2 Å². The standard InChI is InChI=1S/C14H16F2N2O3/c1-17-14(20)12(8-4-5-9(15)10(16)7-8)18-13(19)11-3-2-6-21-11/h4-5,7,11-12H,2-3,6H2,1H3,(H,17,20)(H,18,19). The Balaban J connectivity index is 2.19. The summed E-state index contributed by atoms with van der Waals surface area (Å²) in [6, 6.07) is 1.97. The van der Waals surface area contributed by atoms with Crippen LogP contribution in [-0.4, -0.2) is 31.6 Å². The van der Waals surface area contributed by atoms with Gasteiger partial charge in [0.05, 0.1) is 0 Å². The van der Waals surface area contributed by atoms with Gasteiger partial charge in [-0.25, -0.2) is 8.78 Å². The fourth-order valence-electron chi connectivity index (χ4n) is 2.16. The van der Waals surface area contributed by atoms with Crippen molar-refractivity contribution in [3.8, 4) is 0 Å². The second kappa shape index (κ2) is 6.62. The molecule has 21 heavy (non-hydrogen) atoms. The van der Waals surface area contributed by atoms with Gasteiger partial charge in [0, 0.05) is 13.7 Å². The maximum absolute atomic E-state index is 13.3. The number of rotatable bonds is 4. The van der Waals surface area contributed by atoms with E-state index in [0.717, 1.165) is 18.6 Å². The van der Waals surface area contributed by atoms with E-state index in [1.165, 1.54) is 13.1 Å². The number of hydrogen-bond acceptors (Lipinski definition) is 3. The smallest absolute Gasteiger partial charge is 0.250 e. The number of hydrogen-bond donors (Lipinski definition) is 2. The van der Waals surface area contributed by atoms with Crippen LogP contribution in [0.25, 0.3) is 0 Å². The first-order valence-corrected chi connectivity index (χ1v) is 6.61. The van der Waals surface area contributed by atoms with Crippen molar-refractivity contribution in [2.75, 3.05) is 13.7 Å². The zero-order valence-electron chi connectivity index (χ0n) is 11.5. The highest BCUT2D eigenvalue weighted by Gasteiger charge is 2.29. The molecule has 2 rings (SSSR count). The van der Waals surface area contributed by atoms with E-state index in [9.17, 15) is 18.4 Å². The molecule has 1 aromatic carbocycles. The van der Waals surface area contributed by atoms with Gasteiger partial charge in [0.25, 0.3) is 0 Å². The molecule has 1 aliphatic rings. The van der Waals surface area contributed by atoms with E-state index in [-0.39, 0.29) is 5.56 Å². The number of halogens is 2. The van der Waals surface area contributed by atoms with Crippen molar-refractivity contribution in [3.63, 3.8) is 0 Å². The zero-order valence-corrected chi connectivity index (χ0v) is 11.5. The third-order valence-corrected chi connectivity index (χ3v) is 3.29. The normalized spacial score (nSPS) is 19.1. The second-order valence-corrected chi connectivity index (χ2v) is 4.73. The largest absolute Gasteiger partial charge is 0.368 e. The third kappa shape index (κ3) is 3.55. The van der Waals surface area contributed by atoms with E-state index in [1.54, 1.807) is 0 Å². The molecule has 2 amide bonds. The zero-order chi connectivity index (χ0) is 15.4. The van der Waals surface area contributed by atoms with Crippen molar-refractivity contribution in [1.29, 1.82) is 0 Å². The number of ether oxygens (including phenoxy) is 1. The number of carbonyl (C=O) groups is 2. The Labute approximate surface area is 120 Å². The van der Waals surface area contributed by atoms with E-state index >= 15 is 0 Å². The summed E-state index contributed by atoms with van der Waals surface area (Å²) in [4.78, 5) is 23.9. The number of nitrogens with one attached hydrogen (secondary N) is 2. The lowest BCUT2D eigenvalue weighted by Crippen LogP contribution is -2.43. The van der Waals surface area contributed by atoms with Crippen LogP contribution in [0.1, 0.15) is 24.4 Å². The number of amides is 2. The summed E-state index contributed by atoms with van der Waals surface area (Å²) >= 11 is 0. The molecule has 0 saturated carbocycles. The number of benzene rings is 1. The predicted octanol–water partition coefficient (Wildman–Crippen LogP) is 1.05. The topological polar surface area (TPSA) is 67.4 Å². The Morgan fingerprint density at radius 3 is 2.67 bits per heavy atom. The van der Waals surface area contributed by atoms with Crippen LogP contribution in [0.2, 0.25) is 0 Å². The van der Waals surface area contributed by atoms with Crippen molar-refractivity contribution in [1.82, 2.24) is 10.6 Å². The van der Waals surface area contributed by atoms with Crippen LogP contribution in [0.3, 0.4) is 0 Å². The van der Waals surface area contributed by atoms with Gasteiger partial charge < -0.3 is 15.4 Å². The second-order valence-electron chi connectivity index (χ2n) is 4.73. The average Bonchev–Trinajstić information content (AvgIpc) is 3.01. The molecule has 2 N–H and O–H groups in total. The molecule has 0 aliphatic carbocycles. The maximum Gasteiger partial charge on any atom is 0.250 e. The summed E-state index contributed by atoms with van der Waals surface area (Å²) in [6.45, 7) is 0.494. The average molecular weight is 298 g/mol. The van der Waals surface area contributed by atoms with Gasteiger partial charge in [-0.15, -0.1) is 0 Å². The van der Waals surface area contributed by atoms with Gasteiger partial charge in [-0.1, -0.05) is 6.07 Å². The van der Waals surface area contributed by atoms with Crippen molar-refractivity contribution >= 4 is 11.8 Å². The van der Waals surface area contributed by atoms with E-state index in [2.05, 4.69) is 10.6 Å². The lowest BCUT2D eigenvalue weighted by Gasteiger charge is -2.20. The minimum Gasteiger partial charge on any atom is -0.368 e. The molecule has 1 aliphatic heterocycles.